The van der Waals surface area contributed by atoms with Crippen molar-refractivity contribution in [3.63, 3.8) is 0 Å². The number of para-hydroxylation sites is 2. The minimum Gasteiger partial charge on any atom is -0.247 e. The number of pyridine rings is 2. The normalized spacial score (nSPS) is 11.9. The lowest BCUT2D eigenvalue weighted by molar-refractivity contribution is 1.43. The van der Waals surface area contributed by atoms with Gasteiger partial charge < -0.3 is 0 Å². The zero-order valence-corrected chi connectivity index (χ0v) is 30.4. The summed E-state index contributed by atoms with van der Waals surface area (Å²) in [6, 6.07) is 70.1. The SMILES string of the molecule is c1cc(-c2ccc(-c3nc4ccccc4c4c5ccccc5c5ccccc5c34)cc2)cc(-c2nc3ccccc3c3c4ccccc4c4ccccc4c23)c1. The van der Waals surface area contributed by atoms with Crippen molar-refractivity contribution in [2.24, 2.45) is 0 Å². The minimum absolute atomic E-state index is 1.00. The van der Waals surface area contributed by atoms with E-state index in [1.165, 1.54) is 75.4 Å². The van der Waals surface area contributed by atoms with E-state index in [4.69, 9.17) is 9.97 Å². The van der Waals surface area contributed by atoms with Crippen molar-refractivity contribution in [3.05, 3.63) is 194 Å². The van der Waals surface area contributed by atoms with Crippen molar-refractivity contribution < 1.29 is 0 Å². The first-order valence-electron chi connectivity index (χ1n) is 19.3. The maximum atomic E-state index is 5.41. The topological polar surface area (TPSA) is 25.8 Å². The van der Waals surface area contributed by atoms with Gasteiger partial charge in [-0.1, -0.05) is 176 Å². The highest BCUT2D eigenvalue weighted by Gasteiger charge is 2.19. The van der Waals surface area contributed by atoms with Gasteiger partial charge in [-0.15, -0.1) is 0 Å². The number of aromatic nitrogens is 2. The van der Waals surface area contributed by atoms with E-state index in [1.54, 1.807) is 0 Å². The average Bonchev–Trinajstić information content (AvgIpc) is 3.28. The summed E-state index contributed by atoms with van der Waals surface area (Å²) in [5.41, 5.74) is 8.51. The molecule has 258 valence electrons. The van der Waals surface area contributed by atoms with Gasteiger partial charge in [0, 0.05) is 43.4 Å². The van der Waals surface area contributed by atoms with Crippen molar-refractivity contribution in [1.82, 2.24) is 9.97 Å². The lowest BCUT2D eigenvalue weighted by atomic mass is 9.89. The summed E-state index contributed by atoms with van der Waals surface area (Å²) in [5, 5.41) is 17.2. The fourth-order valence-corrected chi connectivity index (χ4v) is 9.34. The van der Waals surface area contributed by atoms with Crippen molar-refractivity contribution in [3.8, 4) is 33.6 Å². The molecule has 2 nitrogen and oxygen atoms in total. The first kappa shape index (κ1) is 31.0. The second kappa shape index (κ2) is 12.0. The molecule has 0 aliphatic heterocycles. The standard InChI is InChI=1S/C54H32N2/c1-5-20-41-37(16-1)39-18-3-7-22-43(39)51-49(41)45-24-9-11-26-47(45)55-53(51)34-30-28-33(29-31-34)35-14-13-15-36(32-35)54-52-44-23-8-4-19-40(44)38-17-2-6-21-42(38)50(52)46-25-10-12-27-48(46)56-54/h1-32H. The highest BCUT2D eigenvalue weighted by Crippen LogP contribution is 2.45. The number of fused-ring (bicyclic) bond motifs is 16. The molecule has 10 aromatic carbocycles. The summed E-state index contributed by atoms with van der Waals surface area (Å²) >= 11 is 0. The molecular weight excluding hydrogens is 677 g/mol. The van der Waals surface area contributed by atoms with Crippen LogP contribution in [0.2, 0.25) is 0 Å². The lowest BCUT2D eigenvalue weighted by Crippen LogP contribution is -1.93. The predicted molar refractivity (Wildman–Crippen MR) is 238 cm³/mol. The molecule has 0 saturated heterocycles. The Labute approximate surface area is 322 Å². The van der Waals surface area contributed by atoms with E-state index in [-0.39, 0.29) is 0 Å². The highest BCUT2D eigenvalue weighted by atomic mass is 14.7. The summed E-state index contributed by atoms with van der Waals surface area (Å²) in [4.78, 5) is 10.8. The molecule has 56 heavy (non-hydrogen) atoms. The molecule has 2 heterocycles. The third kappa shape index (κ3) is 4.50. The third-order valence-corrected chi connectivity index (χ3v) is 11.8. The number of benzene rings is 10. The Morgan fingerprint density at radius 3 is 1.02 bits per heavy atom. The van der Waals surface area contributed by atoms with Gasteiger partial charge in [-0.05, 0) is 72.4 Å². The van der Waals surface area contributed by atoms with Crippen molar-refractivity contribution in [1.29, 1.82) is 0 Å². The van der Waals surface area contributed by atoms with Crippen LogP contribution in [0.4, 0.5) is 0 Å². The Bertz CT molecular complexity index is 3580. The van der Waals surface area contributed by atoms with Gasteiger partial charge in [-0.3, -0.25) is 0 Å². The van der Waals surface area contributed by atoms with E-state index in [0.29, 0.717) is 0 Å². The van der Waals surface area contributed by atoms with Crippen LogP contribution in [0.5, 0.6) is 0 Å². The fraction of sp³-hybridized carbons (Fsp3) is 0. The van der Waals surface area contributed by atoms with Gasteiger partial charge >= 0.3 is 0 Å². The number of rotatable bonds is 3. The van der Waals surface area contributed by atoms with E-state index in [2.05, 4.69) is 194 Å². The maximum Gasteiger partial charge on any atom is 0.0794 e. The average molecular weight is 709 g/mol. The molecule has 0 spiro atoms. The van der Waals surface area contributed by atoms with E-state index >= 15 is 0 Å². The molecule has 12 aromatic rings. The molecule has 0 fully saturated rings. The number of hydrogen-bond acceptors (Lipinski definition) is 2. The summed E-state index contributed by atoms with van der Waals surface area (Å²) < 4.78 is 0. The van der Waals surface area contributed by atoms with Crippen LogP contribution in [0.15, 0.2) is 194 Å². The van der Waals surface area contributed by atoms with Crippen LogP contribution >= 0.6 is 0 Å². The zero-order chi connectivity index (χ0) is 36.7. The predicted octanol–water partition coefficient (Wildman–Crippen LogP) is 14.7. The van der Waals surface area contributed by atoms with Gasteiger partial charge in [-0.2, -0.15) is 0 Å². The quantitative estimate of drug-likeness (QED) is 0.171. The van der Waals surface area contributed by atoms with Crippen LogP contribution in [0, 0.1) is 0 Å². The molecule has 0 unspecified atom stereocenters. The van der Waals surface area contributed by atoms with Crippen molar-refractivity contribution in [2.45, 2.75) is 0 Å². The summed E-state index contributed by atoms with van der Waals surface area (Å²) in [6.07, 6.45) is 0. The lowest BCUT2D eigenvalue weighted by Gasteiger charge is -2.17. The van der Waals surface area contributed by atoms with E-state index in [9.17, 15) is 0 Å². The second-order valence-corrected chi connectivity index (χ2v) is 14.8. The zero-order valence-electron chi connectivity index (χ0n) is 30.4. The Morgan fingerprint density at radius 1 is 0.214 bits per heavy atom. The van der Waals surface area contributed by atoms with Crippen LogP contribution in [0.3, 0.4) is 0 Å². The van der Waals surface area contributed by atoms with Gasteiger partial charge in [0.2, 0.25) is 0 Å². The monoisotopic (exact) mass is 708 g/mol. The first-order chi connectivity index (χ1) is 27.8. The molecule has 0 aliphatic rings. The Balaban J connectivity index is 1.06. The van der Waals surface area contributed by atoms with Crippen LogP contribution in [0.1, 0.15) is 0 Å². The molecule has 12 rings (SSSR count). The smallest absolute Gasteiger partial charge is 0.0794 e. The largest absolute Gasteiger partial charge is 0.247 e. The molecule has 0 bridgehead atoms. The van der Waals surface area contributed by atoms with E-state index < -0.39 is 0 Å². The van der Waals surface area contributed by atoms with Gasteiger partial charge in [0.15, 0.2) is 0 Å². The third-order valence-electron chi connectivity index (χ3n) is 11.8. The molecule has 2 aromatic heterocycles. The van der Waals surface area contributed by atoms with Crippen LogP contribution < -0.4 is 0 Å². The maximum absolute atomic E-state index is 5.41. The summed E-state index contributed by atoms with van der Waals surface area (Å²) in [5.74, 6) is 0. The molecule has 0 atom stereocenters. The molecule has 0 saturated carbocycles. The number of nitrogens with zero attached hydrogens (tertiary/aromatic N) is 2. The van der Waals surface area contributed by atoms with Crippen molar-refractivity contribution in [2.75, 3.05) is 0 Å². The molecule has 2 heteroatoms. The van der Waals surface area contributed by atoms with Crippen LogP contribution in [0.25, 0.3) is 120 Å². The van der Waals surface area contributed by atoms with E-state index in [0.717, 1.165) is 44.7 Å². The summed E-state index contributed by atoms with van der Waals surface area (Å²) in [7, 11) is 0. The molecule has 0 N–H and O–H groups in total. The Hall–Kier alpha value is -7.42. The molecule has 0 radical (unpaired) electrons. The second-order valence-electron chi connectivity index (χ2n) is 14.8. The van der Waals surface area contributed by atoms with Crippen LogP contribution in [-0.4, -0.2) is 9.97 Å². The molecule has 0 aliphatic carbocycles. The van der Waals surface area contributed by atoms with Gasteiger partial charge in [0.1, 0.15) is 0 Å². The van der Waals surface area contributed by atoms with Gasteiger partial charge in [0.25, 0.3) is 0 Å². The molecule has 0 amide bonds. The summed E-state index contributed by atoms with van der Waals surface area (Å²) in [6.45, 7) is 0. The number of hydrogen-bond donors (Lipinski definition) is 0. The van der Waals surface area contributed by atoms with Crippen molar-refractivity contribution >= 4 is 86.4 Å². The highest BCUT2D eigenvalue weighted by molar-refractivity contribution is 6.35. The van der Waals surface area contributed by atoms with Crippen LogP contribution in [-0.2, 0) is 0 Å². The van der Waals surface area contributed by atoms with Gasteiger partial charge in [-0.25, -0.2) is 9.97 Å². The minimum atomic E-state index is 1.00. The fourth-order valence-electron chi connectivity index (χ4n) is 9.34. The van der Waals surface area contributed by atoms with Gasteiger partial charge in [0.05, 0.1) is 22.4 Å². The van der Waals surface area contributed by atoms with E-state index in [1.807, 2.05) is 0 Å². The Morgan fingerprint density at radius 2 is 0.554 bits per heavy atom. The Kier molecular flexibility index (Phi) is 6.66. The first-order valence-corrected chi connectivity index (χ1v) is 19.3. The molecular formula is C54H32N2.